The van der Waals surface area contributed by atoms with Gasteiger partial charge in [0.15, 0.2) is 0 Å². The van der Waals surface area contributed by atoms with Gasteiger partial charge in [-0.05, 0) is 24.5 Å². The van der Waals surface area contributed by atoms with Crippen molar-refractivity contribution in [3.63, 3.8) is 0 Å². The number of nitrogens with one attached hydrogen (secondary N) is 1. The summed E-state index contributed by atoms with van der Waals surface area (Å²) >= 11 is 3.29. The Morgan fingerprint density at radius 2 is 2.15 bits per heavy atom. The molecule has 2 heterocycles. The van der Waals surface area contributed by atoms with Gasteiger partial charge in [0.05, 0.1) is 12.8 Å². The van der Waals surface area contributed by atoms with E-state index in [1.54, 1.807) is 30.2 Å². The number of H-pyrrole nitrogens is 1. The number of methoxy groups -OCH3 is 1. The summed E-state index contributed by atoms with van der Waals surface area (Å²) in [7, 11) is 1.68. The molecule has 4 rings (SSSR count). The molecule has 1 saturated carbocycles. The van der Waals surface area contributed by atoms with Crippen LogP contribution < -0.4 is 4.74 Å². The number of aromatic nitrogens is 4. The van der Waals surface area contributed by atoms with E-state index in [1.807, 2.05) is 18.2 Å². The second-order valence-electron chi connectivity index (χ2n) is 6.92. The molecule has 2 aromatic heterocycles. The van der Waals surface area contributed by atoms with Gasteiger partial charge in [0.25, 0.3) is 0 Å². The van der Waals surface area contributed by atoms with Crippen molar-refractivity contribution in [1.29, 1.82) is 0 Å². The van der Waals surface area contributed by atoms with E-state index in [0.717, 1.165) is 51.1 Å². The largest absolute Gasteiger partial charge is 0.497 e. The SMILES string of the molecule is COc1cccc(-c2nc(CSc3n[nH]c(CCC4CCCC4)n3)cs2)c1. The highest BCUT2D eigenvalue weighted by Crippen LogP contribution is 2.30. The summed E-state index contributed by atoms with van der Waals surface area (Å²) in [6.07, 6.45) is 7.80. The number of thioether (sulfide) groups is 1. The Kier molecular flexibility index (Phi) is 6.09. The second-order valence-corrected chi connectivity index (χ2v) is 8.72. The highest BCUT2D eigenvalue weighted by molar-refractivity contribution is 7.98. The average Bonchev–Trinajstić information content (AvgIpc) is 3.46. The van der Waals surface area contributed by atoms with Crippen LogP contribution in [0.4, 0.5) is 0 Å². The Morgan fingerprint density at radius 3 is 3.00 bits per heavy atom. The third-order valence-corrected chi connectivity index (χ3v) is 6.81. The van der Waals surface area contributed by atoms with Gasteiger partial charge in [-0.3, -0.25) is 5.10 Å². The first kappa shape index (κ1) is 18.5. The van der Waals surface area contributed by atoms with E-state index in [9.17, 15) is 0 Å². The minimum absolute atomic E-state index is 0.778. The zero-order valence-corrected chi connectivity index (χ0v) is 17.1. The van der Waals surface area contributed by atoms with E-state index < -0.39 is 0 Å². The van der Waals surface area contributed by atoms with E-state index in [4.69, 9.17) is 9.72 Å². The van der Waals surface area contributed by atoms with Gasteiger partial charge in [0.1, 0.15) is 16.6 Å². The van der Waals surface area contributed by atoms with Crippen molar-refractivity contribution in [2.45, 2.75) is 49.4 Å². The number of benzene rings is 1. The molecule has 1 aromatic carbocycles. The first-order chi connectivity index (χ1) is 13.3. The molecule has 27 heavy (non-hydrogen) atoms. The molecule has 0 aliphatic heterocycles. The summed E-state index contributed by atoms with van der Waals surface area (Å²) in [5.41, 5.74) is 2.14. The van der Waals surface area contributed by atoms with Gasteiger partial charge in [0, 0.05) is 23.1 Å². The second kappa shape index (κ2) is 8.89. The highest BCUT2D eigenvalue weighted by Gasteiger charge is 2.16. The van der Waals surface area contributed by atoms with Crippen LogP contribution in [0.5, 0.6) is 5.75 Å². The van der Waals surface area contributed by atoms with Crippen molar-refractivity contribution in [3.05, 3.63) is 41.2 Å². The van der Waals surface area contributed by atoms with Crippen molar-refractivity contribution in [2.24, 2.45) is 5.92 Å². The number of aryl methyl sites for hydroxylation is 1. The van der Waals surface area contributed by atoms with Crippen LogP contribution in [-0.2, 0) is 12.2 Å². The Balaban J connectivity index is 1.30. The zero-order chi connectivity index (χ0) is 18.5. The predicted octanol–water partition coefficient (Wildman–Crippen LogP) is 5.35. The molecular weight excluding hydrogens is 376 g/mol. The van der Waals surface area contributed by atoms with E-state index in [0.29, 0.717) is 0 Å². The summed E-state index contributed by atoms with van der Waals surface area (Å²) in [5, 5.41) is 11.4. The summed E-state index contributed by atoms with van der Waals surface area (Å²) in [4.78, 5) is 9.37. The van der Waals surface area contributed by atoms with Crippen molar-refractivity contribution >= 4 is 23.1 Å². The lowest BCUT2D eigenvalue weighted by atomic mass is 10.0. The minimum Gasteiger partial charge on any atom is -0.497 e. The standard InChI is InChI=1S/C20H24N4OS2/c1-25-17-8-4-7-15(11-17)19-21-16(12-26-19)13-27-20-22-18(23-24-20)10-9-14-5-2-3-6-14/h4,7-8,11-12,14H,2-3,5-6,9-10,13H2,1H3,(H,22,23,24). The summed E-state index contributed by atoms with van der Waals surface area (Å²) in [6, 6.07) is 8.01. The van der Waals surface area contributed by atoms with Crippen molar-refractivity contribution in [2.75, 3.05) is 7.11 Å². The number of aromatic amines is 1. The lowest BCUT2D eigenvalue weighted by Gasteiger charge is -2.05. The molecule has 0 spiro atoms. The monoisotopic (exact) mass is 400 g/mol. The third kappa shape index (κ3) is 4.90. The number of nitrogens with zero attached hydrogens (tertiary/aromatic N) is 3. The maximum absolute atomic E-state index is 5.30. The molecule has 0 radical (unpaired) electrons. The number of rotatable bonds is 8. The van der Waals surface area contributed by atoms with Crippen LogP contribution in [0.15, 0.2) is 34.8 Å². The van der Waals surface area contributed by atoms with Crippen LogP contribution in [0.3, 0.4) is 0 Å². The van der Waals surface area contributed by atoms with E-state index in [-0.39, 0.29) is 0 Å². The van der Waals surface area contributed by atoms with E-state index in [2.05, 4.69) is 26.6 Å². The quantitative estimate of drug-likeness (QED) is 0.516. The van der Waals surface area contributed by atoms with Crippen molar-refractivity contribution in [3.8, 4) is 16.3 Å². The Hall–Kier alpha value is -1.86. The summed E-state index contributed by atoms with van der Waals surface area (Å²) in [5.74, 6) is 3.53. The number of hydrogen-bond acceptors (Lipinski definition) is 6. The molecule has 5 nitrogen and oxygen atoms in total. The fourth-order valence-corrected chi connectivity index (χ4v) is 5.13. The maximum Gasteiger partial charge on any atom is 0.208 e. The van der Waals surface area contributed by atoms with Crippen LogP contribution >= 0.6 is 23.1 Å². The number of hydrogen-bond donors (Lipinski definition) is 1. The molecule has 0 bridgehead atoms. The van der Waals surface area contributed by atoms with Crippen molar-refractivity contribution < 1.29 is 4.74 Å². The third-order valence-electron chi connectivity index (χ3n) is 4.99. The predicted molar refractivity (Wildman–Crippen MR) is 110 cm³/mol. The Bertz CT molecular complexity index is 870. The van der Waals surface area contributed by atoms with E-state index in [1.165, 1.54) is 32.1 Å². The minimum atomic E-state index is 0.778. The Morgan fingerprint density at radius 1 is 1.26 bits per heavy atom. The van der Waals surface area contributed by atoms with Crippen LogP contribution in [0, 0.1) is 5.92 Å². The topological polar surface area (TPSA) is 63.7 Å². The molecule has 7 heteroatoms. The zero-order valence-electron chi connectivity index (χ0n) is 15.5. The maximum atomic E-state index is 5.30. The molecule has 1 aliphatic carbocycles. The normalized spacial score (nSPS) is 14.7. The first-order valence-electron chi connectivity index (χ1n) is 9.43. The Labute approximate surface area is 168 Å². The van der Waals surface area contributed by atoms with Gasteiger partial charge in [-0.15, -0.1) is 16.4 Å². The smallest absolute Gasteiger partial charge is 0.208 e. The molecule has 1 N–H and O–H groups in total. The molecule has 1 aliphatic rings. The lowest BCUT2D eigenvalue weighted by Crippen LogP contribution is -1.97. The lowest BCUT2D eigenvalue weighted by molar-refractivity contribution is 0.415. The number of thiazole rings is 1. The molecule has 0 atom stereocenters. The molecule has 1 fully saturated rings. The average molecular weight is 401 g/mol. The van der Waals surface area contributed by atoms with Gasteiger partial charge in [-0.2, -0.15) is 0 Å². The van der Waals surface area contributed by atoms with E-state index >= 15 is 0 Å². The van der Waals surface area contributed by atoms with Crippen LogP contribution in [-0.4, -0.2) is 27.3 Å². The fourth-order valence-electron chi connectivity index (χ4n) is 3.49. The summed E-state index contributed by atoms with van der Waals surface area (Å²) < 4.78 is 5.30. The van der Waals surface area contributed by atoms with Gasteiger partial charge in [-0.1, -0.05) is 49.6 Å². The van der Waals surface area contributed by atoms with Crippen LogP contribution in [0.1, 0.15) is 43.6 Å². The molecule has 0 saturated heterocycles. The van der Waals surface area contributed by atoms with Crippen LogP contribution in [0.25, 0.3) is 10.6 Å². The van der Waals surface area contributed by atoms with Gasteiger partial charge in [0.2, 0.25) is 5.16 Å². The fraction of sp³-hybridized carbons (Fsp3) is 0.450. The van der Waals surface area contributed by atoms with Gasteiger partial charge < -0.3 is 4.74 Å². The highest BCUT2D eigenvalue weighted by atomic mass is 32.2. The van der Waals surface area contributed by atoms with Crippen molar-refractivity contribution in [1.82, 2.24) is 20.2 Å². The molecule has 142 valence electrons. The molecule has 0 amide bonds. The summed E-state index contributed by atoms with van der Waals surface area (Å²) in [6.45, 7) is 0. The van der Waals surface area contributed by atoms with Gasteiger partial charge in [-0.25, -0.2) is 9.97 Å². The first-order valence-corrected chi connectivity index (χ1v) is 11.3. The molecule has 0 unspecified atom stereocenters. The van der Waals surface area contributed by atoms with Gasteiger partial charge >= 0.3 is 0 Å². The molecular formula is C20H24N4OS2. The van der Waals surface area contributed by atoms with Crippen LogP contribution in [0.2, 0.25) is 0 Å². The molecule has 3 aromatic rings. The number of ether oxygens (including phenoxy) is 1.